The Hall–Kier alpha value is -0.130. The van der Waals surface area contributed by atoms with E-state index >= 15 is 0 Å². The van der Waals surface area contributed by atoms with Gasteiger partial charge in [-0.05, 0) is 34.6 Å². The van der Waals surface area contributed by atoms with Gasteiger partial charge in [-0.25, -0.2) is 8.42 Å². The lowest BCUT2D eigenvalue weighted by Gasteiger charge is -2.31. The van der Waals surface area contributed by atoms with Gasteiger partial charge in [0.1, 0.15) is 0 Å². The number of hydrogen-bond acceptors (Lipinski definition) is 4. The summed E-state index contributed by atoms with van der Waals surface area (Å²) in [7, 11) is -2.88. The van der Waals surface area contributed by atoms with Crippen molar-refractivity contribution in [2.75, 3.05) is 24.6 Å². The molecule has 4 nitrogen and oxygen atoms in total. The maximum absolute atomic E-state index is 11.5. The average Bonchev–Trinajstić information content (AvgIpc) is 2.22. The van der Waals surface area contributed by atoms with Crippen molar-refractivity contribution >= 4 is 9.84 Å². The maximum atomic E-state index is 11.5. The molecule has 1 unspecified atom stereocenters. The molecule has 110 valence electrons. The zero-order valence-corrected chi connectivity index (χ0v) is 13.5. The second-order valence-electron chi connectivity index (χ2n) is 5.48. The Bertz CT molecular complexity index is 305. The van der Waals surface area contributed by atoms with E-state index in [2.05, 4.69) is 37.9 Å². The molecule has 0 rings (SSSR count). The highest BCUT2D eigenvalue weighted by Crippen LogP contribution is 2.03. The van der Waals surface area contributed by atoms with Crippen LogP contribution in [-0.4, -0.2) is 56.0 Å². The molecule has 0 amide bonds. The minimum absolute atomic E-state index is 0.0242. The summed E-state index contributed by atoms with van der Waals surface area (Å²) < 4.78 is 22.9. The summed E-state index contributed by atoms with van der Waals surface area (Å²) >= 11 is 0. The molecule has 5 heteroatoms. The number of sulfone groups is 1. The third kappa shape index (κ3) is 7.34. The molecule has 0 saturated carbocycles. The van der Waals surface area contributed by atoms with Gasteiger partial charge in [0, 0.05) is 37.0 Å². The third-order valence-electron chi connectivity index (χ3n) is 3.13. The standard InChI is InChI=1S/C13H30N2O2S/c1-7-18(16,17)10-13(6)14-8-9-15(11(2)3)12(4)5/h11-14H,7-10H2,1-6H3. The Labute approximate surface area is 113 Å². The number of rotatable bonds is 9. The first-order valence-electron chi connectivity index (χ1n) is 6.89. The lowest BCUT2D eigenvalue weighted by Crippen LogP contribution is -2.44. The second-order valence-corrected chi connectivity index (χ2v) is 7.88. The average molecular weight is 278 g/mol. The molecule has 0 aliphatic carbocycles. The molecule has 0 aliphatic rings. The molecule has 0 bridgehead atoms. The monoisotopic (exact) mass is 278 g/mol. The number of hydrogen-bond donors (Lipinski definition) is 1. The van der Waals surface area contributed by atoms with Gasteiger partial charge >= 0.3 is 0 Å². The first-order valence-corrected chi connectivity index (χ1v) is 8.71. The van der Waals surface area contributed by atoms with Crippen molar-refractivity contribution in [2.24, 2.45) is 0 Å². The highest BCUT2D eigenvalue weighted by atomic mass is 32.2. The van der Waals surface area contributed by atoms with E-state index in [-0.39, 0.29) is 17.5 Å². The fourth-order valence-corrected chi connectivity index (χ4v) is 3.23. The van der Waals surface area contributed by atoms with Gasteiger partial charge in [-0.15, -0.1) is 0 Å². The van der Waals surface area contributed by atoms with E-state index in [4.69, 9.17) is 0 Å². The number of nitrogens with zero attached hydrogens (tertiary/aromatic N) is 1. The molecule has 0 aromatic heterocycles. The van der Waals surface area contributed by atoms with Crippen molar-refractivity contribution in [2.45, 2.75) is 59.7 Å². The van der Waals surface area contributed by atoms with Crippen molar-refractivity contribution in [3.63, 3.8) is 0 Å². The first-order chi connectivity index (χ1) is 8.19. The van der Waals surface area contributed by atoms with Crippen LogP contribution in [0.4, 0.5) is 0 Å². The van der Waals surface area contributed by atoms with Crippen molar-refractivity contribution in [3.8, 4) is 0 Å². The van der Waals surface area contributed by atoms with Gasteiger partial charge in [-0.2, -0.15) is 0 Å². The Morgan fingerprint density at radius 1 is 1.06 bits per heavy atom. The van der Waals surface area contributed by atoms with Gasteiger partial charge in [0.2, 0.25) is 0 Å². The molecule has 18 heavy (non-hydrogen) atoms. The van der Waals surface area contributed by atoms with Crippen LogP contribution in [0.1, 0.15) is 41.5 Å². The summed E-state index contributed by atoms with van der Waals surface area (Å²) in [6.07, 6.45) is 0. The van der Waals surface area contributed by atoms with E-state index in [1.54, 1.807) is 6.92 Å². The molecule has 0 aromatic carbocycles. The van der Waals surface area contributed by atoms with Crippen LogP contribution in [-0.2, 0) is 9.84 Å². The highest BCUT2D eigenvalue weighted by Gasteiger charge is 2.15. The summed E-state index contributed by atoms with van der Waals surface area (Å²) in [5.41, 5.74) is 0. The van der Waals surface area contributed by atoms with Crippen molar-refractivity contribution in [1.29, 1.82) is 0 Å². The molecule has 0 aliphatic heterocycles. The maximum Gasteiger partial charge on any atom is 0.151 e. The Kier molecular flexibility index (Phi) is 8.06. The molecule has 0 spiro atoms. The molecule has 0 aromatic rings. The molecule has 0 radical (unpaired) electrons. The highest BCUT2D eigenvalue weighted by molar-refractivity contribution is 7.91. The first kappa shape index (κ1) is 17.9. The molecule has 1 atom stereocenters. The predicted octanol–water partition coefficient (Wildman–Crippen LogP) is 1.52. The van der Waals surface area contributed by atoms with Gasteiger partial charge in [-0.3, -0.25) is 4.90 Å². The number of nitrogens with one attached hydrogen (secondary N) is 1. The van der Waals surface area contributed by atoms with Gasteiger partial charge in [0.25, 0.3) is 0 Å². The lowest BCUT2D eigenvalue weighted by atomic mass is 10.2. The van der Waals surface area contributed by atoms with E-state index in [1.165, 1.54) is 0 Å². The smallest absolute Gasteiger partial charge is 0.151 e. The van der Waals surface area contributed by atoms with E-state index in [1.807, 2.05) is 6.92 Å². The summed E-state index contributed by atoms with van der Waals surface area (Å²) in [5, 5.41) is 3.29. The van der Waals surface area contributed by atoms with E-state index in [9.17, 15) is 8.42 Å². The topological polar surface area (TPSA) is 49.4 Å². The summed E-state index contributed by atoms with van der Waals surface area (Å²) in [6, 6.07) is 1.05. The summed E-state index contributed by atoms with van der Waals surface area (Å²) in [6.45, 7) is 14.2. The van der Waals surface area contributed by atoms with Crippen LogP contribution in [0.25, 0.3) is 0 Å². The van der Waals surface area contributed by atoms with E-state index < -0.39 is 9.84 Å². The van der Waals surface area contributed by atoms with Gasteiger partial charge < -0.3 is 5.32 Å². The quantitative estimate of drug-likeness (QED) is 0.695. The van der Waals surface area contributed by atoms with Gasteiger partial charge in [0.05, 0.1) is 5.75 Å². The molecule has 1 N–H and O–H groups in total. The van der Waals surface area contributed by atoms with Crippen LogP contribution in [0.3, 0.4) is 0 Å². The zero-order valence-electron chi connectivity index (χ0n) is 12.7. The largest absolute Gasteiger partial charge is 0.312 e. The van der Waals surface area contributed by atoms with Gasteiger partial charge in [-0.1, -0.05) is 6.92 Å². The van der Waals surface area contributed by atoms with Crippen molar-refractivity contribution < 1.29 is 8.42 Å². The summed E-state index contributed by atoms with van der Waals surface area (Å²) in [5.74, 6) is 0.454. The minimum atomic E-state index is -2.88. The van der Waals surface area contributed by atoms with Crippen molar-refractivity contribution in [1.82, 2.24) is 10.2 Å². The molecule has 0 saturated heterocycles. The van der Waals surface area contributed by atoms with Crippen molar-refractivity contribution in [3.05, 3.63) is 0 Å². The Morgan fingerprint density at radius 3 is 1.94 bits per heavy atom. The van der Waals surface area contributed by atoms with E-state index in [0.717, 1.165) is 13.1 Å². The second kappa shape index (κ2) is 8.12. The Balaban J connectivity index is 4.03. The molecular formula is C13H30N2O2S. The van der Waals surface area contributed by atoms with Crippen LogP contribution in [0.2, 0.25) is 0 Å². The third-order valence-corrected chi connectivity index (χ3v) is 5.02. The minimum Gasteiger partial charge on any atom is -0.312 e. The summed E-state index contributed by atoms with van der Waals surface area (Å²) in [4.78, 5) is 2.40. The predicted molar refractivity (Wildman–Crippen MR) is 78.8 cm³/mol. The van der Waals surface area contributed by atoms with Crippen LogP contribution in [0.15, 0.2) is 0 Å². The van der Waals surface area contributed by atoms with Crippen LogP contribution in [0.5, 0.6) is 0 Å². The fourth-order valence-electron chi connectivity index (χ4n) is 2.11. The lowest BCUT2D eigenvalue weighted by molar-refractivity contribution is 0.174. The van der Waals surface area contributed by atoms with Crippen LogP contribution >= 0.6 is 0 Å². The molecular weight excluding hydrogens is 248 g/mol. The Morgan fingerprint density at radius 2 is 1.56 bits per heavy atom. The fraction of sp³-hybridized carbons (Fsp3) is 1.00. The van der Waals surface area contributed by atoms with Crippen LogP contribution in [0, 0.1) is 0 Å². The SMILES string of the molecule is CCS(=O)(=O)CC(C)NCCN(C(C)C)C(C)C. The zero-order chi connectivity index (χ0) is 14.3. The van der Waals surface area contributed by atoms with E-state index in [0.29, 0.717) is 12.1 Å². The molecule has 0 heterocycles. The normalized spacial score (nSPS) is 14.7. The van der Waals surface area contributed by atoms with Crippen LogP contribution < -0.4 is 5.32 Å². The van der Waals surface area contributed by atoms with Gasteiger partial charge in [0.15, 0.2) is 9.84 Å². The molecule has 0 fully saturated rings.